The van der Waals surface area contributed by atoms with Gasteiger partial charge in [-0.05, 0) is 48.0 Å². The molecule has 9 nitrogen and oxygen atoms in total. The molecule has 2 amide bonds. The summed E-state index contributed by atoms with van der Waals surface area (Å²) in [7, 11) is 4.57. The van der Waals surface area contributed by atoms with Gasteiger partial charge in [0.2, 0.25) is 22.7 Å². The lowest BCUT2D eigenvalue weighted by atomic mass is 10.1. The molecule has 4 rings (SSSR count). The molecule has 35 heavy (non-hydrogen) atoms. The van der Waals surface area contributed by atoms with Crippen LogP contribution in [0, 0.1) is 0 Å². The van der Waals surface area contributed by atoms with E-state index in [2.05, 4.69) is 15.5 Å². The highest BCUT2D eigenvalue weighted by molar-refractivity contribution is 7.15. The Morgan fingerprint density at radius 1 is 1.11 bits per heavy atom. The Labute approximate surface area is 211 Å². The molecule has 2 aromatic carbocycles. The van der Waals surface area contributed by atoms with Gasteiger partial charge in [0.25, 0.3) is 0 Å². The number of rotatable bonds is 8. The normalized spacial score (nSPS) is 15.5. The molecule has 0 aliphatic carbocycles. The van der Waals surface area contributed by atoms with Crippen molar-refractivity contribution in [3.8, 4) is 17.2 Å². The number of nitrogens with zero attached hydrogens (tertiary/aromatic N) is 3. The maximum Gasteiger partial charge on any atom is 0.250 e. The lowest BCUT2D eigenvalue weighted by Crippen LogP contribution is -2.24. The van der Waals surface area contributed by atoms with Crippen LogP contribution in [0.5, 0.6) is 17.2 Å². The zero-order valence-corrected chi connectivity index (χ0v) is 20.9. The third-order valence-corrected chi connectivity index (χ3v) is 6.65. The van der Waals surface area contributed by atoms with Crippen LogP contribution < -0.4 is 24.4 Å². The summed E-state index contributed by atoms with van der Waals surface area (Å²) in [5.41, 5.74) is 1.48. The molecule has 1 N–H and O–H groups in total. The van der Waals surface area contributed by atoms with Crippen molar-refractivity contribution in [1.82, 2.24) is 10.2 Å². The number of carbonyl (C=O) groups excluding carboxylic acids is 2. The second-order valence-electron chi connectivity index (χ2n) is 7.61. The van der Waals surface area contributed by atoms with E-state index in [1.165, 1.54) is 38.7 Å². The van der Waals surface area contributed by atoms with Gasteiger partial charge in [-0.3, -0.25) is 14.9 Å². The third-order valence-electron chi connectivity index (χ3n) is 5.40. The summed E-state index contributed by atoms with van der Waals surface area (Å²) in [5, 5.41) is 12.6. The SMILES string of the molecule is COc1cc(/C=C/C(=O)Nc2nnc(C3CC(=O)N(c4ccc(Cl)cc4)C3)s2)cc(OC)c1OC. The monoisotopic (exact) mass is 514 g/mol. The molecule has 0 bridgehead atoms. The van der Waals surface area contributed by atoms with Gasteiger partial charge >= 0.3 is 0 Å². The first-order chi connectivity index (χ1) is 16.9. The predicted molar refractivity (Wildman–Crippen MR) is 135 cm³/mol. The Hall–Kier alpha value is -3.63. The van der Waals surface area contributed by atoms with E-state index in [1.807, 2.05) is 12.1 Å². The average molecular weight is 515 g/mol. The van der Waals surface area contributed by atoms with Gasteiger partial charge < -0.3 is 19.1 Å². The van der Waals surface area contributed by atoms with Crippen LogP contribution in [-0.2, 0) is 9.59 Å². The maximum absolute atomic E-state index is 12.5. The summed E-state index contributed by atoms with van der Waals surface area (Å²) in [6.45, 7) is 0.490. The fraction of sp³-hybridized carbons (Fsp3) is 0.250. The molecule has 1 atom stereocenters. The molecule has 1 aliphatic heterocycles. The fourth-order valence-corrected chi connectivity index (χ4v) is 4.67. The molecule has 0 saturated carbocycles. The van der Waals surface area contributed by atoms with Crippen molar-refractivity contribution in [2.75, 3.05) is 38.1 Å². The Morgan fingerprint density at radius 3 is 2.43 bits per heavy atom. The van der Waals surface area contributed by atoms with Crippen molar-refractivity contribution in [2.45, 2.75) is 12.3 Å². The highest BCUT2D eigenvalue weighted by Gasteiger charge is 2.34. The van der Waals surface area contributed by atoms with Crippen molar-refractivity contribution in [3.05, 3.63) is 58.1 Å². The van der Waals surface area contributed by atoms with Gasteiger partial charge in [-0.15, -0.1) is 10.2 Å². The van der Waals surface area contributed by atoms with Crippen molar-refractivity contribution < 1.29 is 23.8 Å². The first-order valence-electron chi connectivity index (χ1n) is 10.6. The number of halogens is 1. The van der Waals surface area contributed by atoms with Crippen LogP contribution in [0.15, 0.2) is 42.5 Å². The van der Waals surface area contributed by atoms with E-state index in [9.17, 15) is 9.59 Å². The van der Waals surface area contributed by atoms with Crippen LogP contribution in [0.3, 0.4) is 0 Å². The van der Waals surface area contributed by atoms with Gasteiger partial charge in [-0.1, -0.05) is 22.9 Å². The highest BCUT2D eigenvalue weighted by atomic mass is 35.5. The summed E-state index contributed by atoms with van der Waals surface area (Å²) in [4.78, 5) is 26.7. The molecule has 182 valence electrons. The Balaban J connectivity index is 1.40. The molecule has 1 aromatic heterocycles. The van der Waals surface area contributed by atoms with Gasteiger partial charge in [0.1, 0.15) is 5.01 Å². The molecule has 1 aliphatic rings. The quantitative estimate of drug-likeness (QED) is 0.445. The lowest BCUT2D eigenvalue weighted by Gasteiger charge is -2.16. The second kappa shape index (κ2) is 10.7. The molecule has 1 unspecified atom stereocenters. The van der Waals surface area contributed by atoms with Gasteiger partial charge in [-0.2, -0.15) is 0 Å². The number of benzene rings is 2. The number of aromatic nitrogens is 2. The van der Waals surface area contributed by atoms with E-state index in [0.717, 1.165) is 5.69 Å². The zero-order valence-electron chi connectivity index (χ0n) is 19.3. The highest BCUT2D eigenvalue weighted by Crippen LogP contribution is 2.38. The molecule has 1 saturated heterocycles. The van der Waals surface area contributed by atoms with E-state index in [-0.39, 0.29) is 17.7 Å². The van der Waals surface area contributed by atoms with Crippen LogP contribution in [0.1, 0.15) is 22.9 Å². The van der Waals surface area contributed by atoms with Gasteiger partial charge in [0.15, 0.2) is 11.5 Å². The van der Waals surface area contributed by atoms with E-state index in [1.54, 1.807) is 35.2 Å². The summed E-state index contributed by atoms with van der Waals surface area (Å²) in [5.74, 6) is 0.978. The number of anilines is 2. The van der Waals surface area contributed by atoms with Crippen LogP contribution in [-0.4, -0.2) is 49.9 Å². The number of ether oxygens (including phenoxy) is 3. The Morgan fingerprint density at radius 2 is 1.80 bits per heavy atom. The fourth-order valence-electron chi connectivity index (χ4n) is 3.71. The van der Waals surface area contributed by atoms with Gasteiger partial charge in [0.05, 0.1) is 21.3 Å². The predicted octanol–water partition coefficient (Wildman–Crippen LogP) is 4.39. The minimum atomic E-state index is -0.369. The number of carbonyl (C=O) groups is 2. The van der Waals surface area contributed by atoms with Crippen molar-refractivity contribution in [1.29, 1.82) is 0 Å². The second-order valence-corrected chi connectivity index (χ2v) is 9.05. The van der Waals surface area contributed by atoms with Gasteiger partial charge in [-0.25, -0.2) is 0 Å². The van der Waals surface area contributed by atoms with Crippen molar-refractivity contribution >= 4 is 51.6 Å². The van der Waals surface area contributed by atoms with Crippen LogP contribution in [0.4, 0.5) is 10.8 Å². The van der Waals surface area contributed by atoms with E-state index >= 15 is 0 Å². The standard InChI is InChI=1S/C24H23ClN4O5S/c1-32-18-10-14(11-19(33-2)22(18)34-3)4-9-20(30)26-24-28-27-23(35-24)15-12-21(31)29(13-15)17-7-5-16(25)6-8-17/h4-11,15H,12-13H2,1-3H3,(H,26,28,30)/b9-4+. The largest absolute Gasteiger partial charge is 0.493 e. The third kappa shape index (κ3) is 5.55. The van der Waals surface area contributed by atoms with Crippen molar-refractivity contribution in [3.63, 3.8) is 0 Å². The van der Waals surface area contributed by atoms with Crippen molar-refractivity contribution in [2.24, 2.45) is 0 Å². The Kier molecular flexibility index (Phi) is 7.52. The molecule has 1 fully saturated rings. The molecule has 3 aromatic rings. The topological polar surface area (TPSA) is 103 Å². The van der Waals surface area contributed by atoms with E-state index < -0.39 is 0 Å². The number of methoxy groups -OCH3 is 3. The van der Waals surface area contributed by atoms with Crippen LogP contribution in [0.25, 0.3) is 6.08 Å². The van der Waals surface area contributed by atoms with Crippen LogP contribution in [0.2, 0.25) is 5.02 Å². The minimum absolute atomic E-state index is 0.00592. The van der Waals surface area contributed by atoms with Gasteiger partial charge in [0, 0.05) is 35.7 Å². The summed E-state index contributed by atoms with van der Waals surface area (Å²) in [6, 6.07) is 10.6. The molecule has 0 spiro atoms. The summed E-state index contributed by atoms with van der Waals surface area (Å²) < 4.78 is 16.0. The van der Waals surface area contributed by atoms with E-state index in [0.29, 0.717) is 50.9 Å². The minimum Gasteiger partial charge on any atom is -0.493 e. The number of nitrogens with one attached hydrogen (secondary N) is 1. The maximum atomic E-state index is 12.5. The molecule has 2 heterocycles. The van der Waals surface area contributed by atoms with Crippen LogP contribution >= 0.6 is 22.9 Å². The number of hydrogen-bond acceptors (Lipinski definition) is 8. The number of hydrogen-bond donors (Lipinski definition) is 1. The smallest absolute Gasteiger partial charge is 0.250 e. The molecular weight excluding hydrogens is 492 g/mol. The lowest BCUT2D eigenvalue weighted by molar-refractivity contribution is -0.117. The molecule has 0 radical (unpaired) electrons. The summed E-state index contributed by atoms with van der Waals surface area (Å²) in [6.07, 6.45) is 3.33. The summed E-state index contributed by atoms with van der Waals surface area (Å²) >= 11 is 7.20. The first-order valence-corrected chi connectivity index (χ1v) is 11.8. The number of amides is 2. The zero-order chi connectivity index (χ0) is 24.9. The average Bonchev–Trinajstić information content (AvgIpc) is 3.48. The molecular formula is C24H23ClN4O5S. The first kappa shape index (κ1) is 24.5. The van der Waals surface area contributed by atoms with E-state index in [4.69, 9.17) is 25.8 Å². The Bertz CT molecular complexity index is 1240. The molecule has 11 heteroatoms.